The van der Waals surface area contributed by atoms with Crippen LogP contribution in [0.4, 0.5) is 17.1 Å². The maximum Gasteiger partial charge on any atom is 0.265 e. The Hall–Kier alpha value is -3.71. The van der Waals surface area contributed by atoms with Crippen molar-refractivity contribution in [3.8, 4) is 0 Å². The second kappa shape index (κ2) is 7.03. The van der Waals surface area contributed by atoms with Crippen molar-refractivity contribution in [2.45, 2.75) is 6.92 Å². The Morgan fingerprint density at radius 1 is 1.00 bits per heavy atom. The summed E-state index contributed by atoms with van der Waals surface area (Å²) in [6, 6.07) is 15.6. The molecule has 0 spiro atoms. The summed E-state index contributed by atoms with van der Waals surface area (Å²) >= 11 is 1.42. The van der Waals surface area contributed by atoms with Crippen LogP contribution in [0.2, 0.25) is 0 Å². The van der Waals surface area contributed by atoms with Gasteiger partial charge in [-0.2, -0.15) is 0 Å². The Labute approximate surface area is 170 Å². The van der Waals surface area contributed by atoms with Crippen molar-refractivity contribution in [2.75, 3.05) is 10.6 Å². The van der Waals surface area contributed by atoms with Gasteiger partial charge in [-0.3, -0.25) is 14.8 Å². The molecular formula is C22H17N5OS. The highest BCUT2D eigenvalue weighted by atomic mass is 32.1. The number of fused-ring (bicyclic) bond motifs is 2. The normalized spacial score (nSPS) is 11.1. The lowest BCUT2D eigenvalue weighted by Crippen LogP contribution is -2.09. The van der Waals surface area contributed by atoms with Gasteiger partial charge in [-0.15, -0.1) is 11.3 Å². The Morgan fingerprint density at radius 3 is 2.72 bits per heavy atom. The Bertz CT molecular complexity index is 1340. The zero-order chi connectivity index (χ0) is 19.8. The van der Waals surface area contributed by atoms with Crippen LogP contribution in [0.3, 0.4) is 0 Å². The van der Waals surface area contributed by atoms with Crippen LogP contribution in [-0.4, -0.2) is 20.9 Å². The van der Waals surface area contributed by atoms with E-state index >= 15 is 0 Å². The summed E-state index contributed by atoms with van der Waals surface area (Å²) in [6.07, 6.45) is 5.04. The largest absolute Gasteiger partial charge is 0.359 e. The number of aryl methyl sites for hydroxylation is 1. The molecule has 0 saturated carbocycles. The fourth-order valence-electron chi connectivity index (χ4n) is 3.29. The molecule has 0 radical (unpaired) electrons. The van der Waals surface area contributed by atoms with Crippen molar-refractivity contribution in [1.29, 1.82) is 0 Å². The molecule has 6 nitrogen and oxygen atoms in total. The standard InChI is InChI=1S/C22H17N5OS/c1-13-10-14-11-16(2-3-17(14)25-13)26-18-6-9-24-19-12-20(29-21(18)19)22(28)27-15-4-7-23-8-5-15/h2-12,25H,1H3,(H,24,26)(H,23,27,28). The van der Waals surface area contributed by atoms with Gasteiger partial charge in [0.05, 0.1) is 20.8 Å². The van der Waals surface area contributed by atoms with Crippen LogP contribution in [0, 0.1) is 6.92 Å². The van der Waals surface area contributed by atoms with Gasteiger partial charge in [0.15, 0.2) is 0 Å². The summed E-state index contributed by atoms with van der Waals surface area (Å²) in [7, 11) is 0. The van der Waals surface area contributed by atoms with Crippen LogP contribution in [0.15, 0.2) is 67.1 Å². The molecule has 0 aliphatic carbocycles. The number of pyridine rings is 2. The molecule has 4 heterocycles. The predicted molar refractivity (Wildman–Crippen MR) is 118 cm³/mol. The number of carbonyl (C=O) groups excluding carboxylic acids is 1. The highest BCUT2D eigenvalue weighted by molar-refractivity contribution is 7.21. The van der Waals surface area contributed by atoms with E-state index in [1.54, 1.807) is 30.7 Å². The SMILES string of the molecule is Cc1cc2cc(Nc3ccnc4cc(C(=O)Nc5ccncc5)sc34)ccc2[nH]1. The maximum atomic E-state index is 12.6. The third kappa shape index (κ3) is 3.43. The lowest BCUT2D eigenvalue weighted by Gasteiger charge is -2.07. The van der Waals surface area contributed by atoms with E-state index in [9.17, 15) is 4.79 Å². The van der Waals surface area contributed by atoms with Crippen molar-refractivity contribution in [3.05, 3.63) is 77.7 Å². The molecule has 0 bridgehead atoms. The van der Waals surface area contributed by atoms with Crippen molar-refractivity contribution >= 4 is 55.4 Å². The summed E-state index contributed by atoms with van der Waals surface area (Å²) in [5.41, 5.74) is 5.66. The van der Waals surface area contributed by atoms with E-state index in [1.807, 2.05) is 25.1 Å². The van der Waals surface area contributed by atoms with E-state index < -0.39 is 0 Å². The predicted octanol–water partition coefficient (Wildman–Crippen LogP) is 5.48. The number of carbonyl (C=O) groups is 1. The average Bonchev–Trinajstić information content (AvgIpc) is 3.32. The minimum atomic E-state index is -0.158. The molecule has 5 rings (SSSR count). The smallest absolute Gasteiger partial charge is 0.265 e. The molecular weight excluding hydrogens is 382 g/mol. The molecule has 29 heavy (non-hydrogen) atoms. The van der Waals surface area contributed by atoms with E-state index in [0.29, 0.717) is 10.6 Å². The number of anilines is 3. The zero-order valence-corrected chi connectivity index (χ0v) is 16.4. The number of hydrogen-bond donors (Lipinski definition) is 3. The number of aromatic nitrogens is 3. The number of nitrogens with one attached hydrogen (secondary N) is 3. The molecule has 142 valence electrons. The molecule has 4 aromatic heterocycles. The number of nitrogens with zero attached hydrogens (tertiary/aromatic N) is 2. The van der Waals surface area contributed by atoms with Gasteiger partial charge in [-0.1, -0.05) is 0 Å². The van der Waals surface area contributed by atoms with Crippen molar-refractivity contribution < 1.29 is 4.79 Å². The Kier molecular flexibility index (Phi) is 4.22. The van der Waals surface area contributed by atoms with Gasteiger partial charge in [-0.25, -0.2) is 0 Å². The summed E-state index contributed by atoms with van der Waals surface area (Å²) in [6.45, 7) is 2.05. The zero-order valence-electron chi connectivity index (χ0n) is 15.6. The minimum absolute atomic E-state index is 0.158. The molecule has 0 unspecified atom stereocenters. The molecule has 0 atom stereocenters. The number of rotatable bonds is 4. The van der Waals surface area contributed by atoms with Crippen molar-refractivity contribution in [3.63, 3.8) is 0 Å². The number of aromatic amines is 1. The molecule has 0 aliphatic rings. The van der Waals surface area contributed by atoms with Crippen molar-refractivity contribution in [2.24, 2.45) is 0 Å². The first-order chi connectivity index (χ1) is 14.2. The van der Waals surface area contributed by atoms with Crippen LogP contribution in [0.25, 0.3) is 21.1 Å². The number of amides is 1. The van der Waals surface area contributed by atoms with Gasteiger partial charge in [0.25, 0.3) is 5.91 Å². The fraction of sp³-hybridized carbons (Fsp3) is 0.0455. The highest BCUT2D eigenvalue weighted by Crippen LogP contribution is 2.33. The first kappa shape index (κ1) is 17.4. The van der Waals surface area contributed by atoms with Gasteiger partial charge in [0.2, 0.25) is 0 Å². The van der Waals surface area contributed by atoms with Crippen LogP contribution in [0.5, 0.6) is 0 Å². The topological polar surface area (TPSA) is 82.7 Å². The summed E-state index contributed by atoms with van der Waals surface area (Å²) in [5, 5.41) is 7.51. The van der Waals surface area contributed by atoms with E-state index in [1.165, 1.54) is 11.3 Å². The Morgan fingerprint density at radius 2 is 1.86 bits per heavy atom. The highest BCUT2D eigenvalue weighted by Gasteiger charge is 2.14. The number of H-pyrrole nitrogens is 1. The molecule has 1 amide bonds. The number of benzene rings is 1. The Balaban J connectivity index is 1.45. The average molecular weight is 399 g/mol. The molecule has 3 N–H and O–H groups in total. The molecule has 5 aromatic rings. The first-order valence-electron chi connectivity index (χ1n) is 9.12. The van der Waals surface area contributed by atoms with Gasteiger partial charge in [0, 0.05) is 46.6 Å². The fourth-order valence-corrected chi connectivity index (χ4v) is 4.27. The lowest BCUT2D eigenvalue weighted by molar-refractivity contribution is 0.103. The second-order valence-electron chi connectivity index (χ2n) is 6.75. The number of hydrogen-bond acceptors (Lipinski definition) is 5. The van der Waals surface area contributed by atoms with E-state index in [4.69, 9.17) is 0 Å². The monoisotopic (exact) mass is 399 g/mol. The molecule has 0 saturated heterocycles. The van der Waals surface area contributed by atoms with Gasteiger partial charge < -0.3 is 15.6 Å². The van der Waals surface area contributed by atoms with Gasteiger partial charge in [-0.05, 0) is 55.5 Å². The maximum absolute atomic E-state index is 12.6. The molecule has 0 fully saturated rings. The van der Waals surface area contributed by atoms with Crippen molar-refractivity contribution in [1.82, 2.24) is 15.0 Å². The summed E-state index contributed by atoms with van der Waals surface area (Å²) < 4.78 is 0.942. The van der Waals surface area contributed by atoms with E-state index in [2.05, 4.69) is 43.8 Å². The molecule has 1 aromatic carbocycles. The van der Waals surface area contributed by atoms with Gasteiger partial charge in [0.1, 0.15) is 0 Å². The lowest BCUT2D eigenvalue weighted by atomic mass is 10.2. The molecule has 0 aliphatic heterocycles. The third-order valence-electron chi connectivity index (χ3n) is 4.61. The van der Waals surface area contributed by atoms with Crippen LogP contribution in [0.1, 0.15) is 15.4 Å². The van der Waals surface area contributed by atoms with Crippen LogP contribution in [-0.2, 0) is 0 Å². The quantitative estimate of drug-likeness (QED) is 0.374. The molecule has 7 heteroatoms. The van der Waals surface area contributed by atoms with Crippen LogP contribution < -0.4 is 10.6 Å². The summed E-state index contributed by atoms with van der Waals surface area (Å²) in [5.74, 6) is -0.158. The first-order valence-corrected chi connectivity index (χ1v) is 9.94. The minimum Gasteiger partial charge on any atom is -0.359 e. The van der Waals surface area contributed by atoms with E-state index in [0.717, 1.165) is 38.2 Å². The van der Waals surface area contributed by atoms with E-state index in [-0.39, 0.29) is 5.91 Å². The third-order valence-corrected chi connectivity index (χ3v) is 5.76. The summed E-state index contributed by atoms with van der Waals surface area (Å²) in [4.78, 5) is 25.0. The van der Waals surface area contributed by atoms with Gasteiger partial charge >= 0.3 is 0 Å². The number of thiophene rings is 1. The second-order valence-corrected chi connectivity index (χ2v) is 7.81. The van der Waals surface area contributed by atoms with Crippen LogP contribution >= 0.6 is 11.3 Å².